The summed E-state index contributed by atoms with van der Waals surface area (Å²) < 4.78 is 5.98. The number of phenolic OH excluding ortho intramolecular Hbond substituents is 1. The van der Waals surface area contributed by atoms with Gasteiger partial charge in [0, 0.05) is 61.8 Å². The number of benzene rings is 1. The molecule has 4 aliphatic heterocycles. The molecule has 1 aromatic carbocycles. The van der Waals surface area contributed by atoms with Crippen LogP contribution in [0.1, 0.15) is 25.0 Å². The predicted octanol–water partition coefficient (Wildman–Crippen LogP) is 2.10. The van der Waals surface area contributed by atoms with Crippen LogP contribution in [0.25, 0.3) is 11.3 Å². The number of piperazine rings is 1. The van der Waals surface area contributed by atoms with E-state index in [2.05, 4.69) is 59.2 Å². The van der Waals surface area contributed by atoms with Crippen LogP contribution in [0.4, 0.5) is 17.2 Å². The summed E-state index contributed by atoms with van der Waals surface area (Å²) in [6.45, 7) is 6.10. The third-order valence-electron chi connectivity index (χ3n) is 8.91. The lowest BCUT2D eigenvalue weighted by Crippen LogP contribution is -2.59. The fourth-order valence-corrected chi connectivity index (χ4v) is 6.93. The minimum Gasteiger partial charge on any atom is -0.507 e. The number of hydrogen-bond donors (Lipinski definition) is 3. The first-order valence-corrected chi connectivity index (χ1v) is 14.6. The molecule has 3 aromatic rings. The Hall–Kier alpha value is -3.91. The highest BCUT2D eigenvalue weighted by Gasteiger charge is 2.41. The van der Waals surface area contributed by atoms with Crippen molar-refractivity contribution in [3.8, 4) is 28.8 Å². The van der Waals surface area contributed by atoms with Gasteiger partial charge in [0.15, 0.2) is 5.82 Å². The van der Waals surface area contributed by atoms with Crippen molar-refractivity contribution in [3.05, 3.63) is 54.4 Å². The second kappa shape index (κ2) is 11.2. The molecule has 6 heterocycles. The van der Waals surface area contributed by atoms with E-state index < -0.39 is 0 Å². The molecule has 4 unspecified atom stereocenters. The van der Waals surface area contributed by atoms with Gasteiger partial charge in [-0.15, -0.1) is 10.2 Å². The summed E-state index contributed by atoms with van der Waals surface area (Å²) >= 11 is 0. The number of nitrogens with two attached hydrogens (primary N) is 1. The zero-order chi connectivity index (χ0) is 27.8. The Balaban J connectivity index is 1.06. The molecule has 2 bridgehead atoms. The molecule has 4 aliphatic rings. The molecule has 212 valence electrons. The third kappa shape index (κ3) is 5.17. The van der Waals surface area contributed by atoms with Gasteiger partial charge in [-0.25, -0.2) is 4.98 Å². The smallest absolute Gasteiger partial charge is 0.169 e. The van der Waals surface area contributed by atoms with Crippen molar-refractivity contribution in [2.75, 3.05) is 61.4 Å². The standard InChI is InChI=1S/C31H36N8O2/c32-31-27(17-26(35-36-31)25-5-1-2-6-29(25)40)38-19-23-7-8-24(20-38)39(23)22-9-12-34-21(16-22)4-3-13-37-14-15-41-30-10-11-33-18-28(30)37/h1-2,5-6,9,12,16-17,23-24,28,30,33,40H,7-8,10-11,13-15,18-20H2,(H2,32,36). The summed E-state index contributed by atoms with van der Waals surface area (Å²) in [6.07, 6.45) is 5.49. The second-order valence-corrected chi connectivity index (χ2v) is 11.4. The van der Waals surface area contributed by atoms with Crippen molar-refractivity contribution < 1.29 is 9.84 Å². The minimum atomic E-state index is 0.180. The molecule has 4 saturated heterocycles. The highest BCUT2D eigenvalue weighted by atomic mass is 16.5. The van der Waals surface area contributed by atoms with Gasteiger partial charge in [0.05, 0.1) is 30.6 Å². The zero-order valence-electron chi connectivity index (χ0n) is 23.1. The number of phenols is 1. The molecule has 0 radical (unpaired) electrons. The van der Waals surface area contributed by atoms with Crippen LogP contribution in [0.3, 0.4) is 0 Å². The average molecular weight is 553 g/mol. The number of aromatic nitrogens is 3. The fraction of sp³-hybridized carbons (Fsp3) is 0.452. The number of aromatic hydroxyl groups is 1. The van der Waals surface area contributed by atoms with Gasteiger partial charge < -0.3 is 30.7 Å². The van der Waals surface area contributed by atoms with Gasteiger partial charge >= 0.3 is 0 Å². The molecular weight excluding hydrogens is 516 g/mol. The van der Waals surface area contributed by atoms with Crippen LogP contribution in [0.15, 0.2) is 48.7 Å². The number of nitrogen functional groups attached to an aromatic ring is 1. The maximum Gasteiger partial charge on any atom is 0.169 e. The van der Waals surface area contributed by atoms with Gasteiger partial charge in [0.2, 0.25) is 0 Å². The average Bonchev–Trinajstić information content (AvgIpc) is 3.27. The summed E-state index contributed by atoms with van der Waals surface area (Å²) in [5.41, 5.74) is 10.4. The molecule has 0 amide bonds. The number of fused-ring (bicyclic) bond motifs is 3. The molecular formula is C31H36N8O2. The van der Waals surface area contributed by atoms with Crippen LogP contribution in [0.2, 0.25) is 0 Å². The maximum atomic E-state index is 10.3. The van der Waals surface area contributed by atoms with Crippen molar-refractivity contribution in [2.45, 2.75) is 43.5 Å². The van der Waals surface area contributed by atoms with E-state index in [-0.39, 0.29) is 5.75 Å². The Morgan fingerprint density at radius 3 is 2.78 bits per heavy atom. The van der Waals surface area contributed by atoms with Gasteiger partial charge in [-0.1, -0.05) is 18.1 Å². The van der Waals surface area contributed by atoms with E-state index >= 15 is 0 Å². The highest BCUT2D eigenvalue weighted by Crippen LogP contribution is 2.39. The van der Waals surface area contributed by atoms with Crippen molar-refractivity contribution in [2.24, 2.45) is 0 Å². The van der Waals surface area contributed by atoms with Crippen LogP contribution in [0.5, 0.6) is 5.75 Å². The van der Waals surface area contributed by atoms with Crippen molar-refractivity contribution in [3.63, 3.8) is 0 Å². The summed E-state index contributed by atoms with van der Waals surface area (Å²) in [6, 6.07) is 14.5. The largest absolute Gasteiger partial charge is 0.507 e. The number of hydrogen-bond acceptors (Lipinski definition) is 10. The number of morpholine rings is 1. The molecule has 4 atom stereocenters. The SMILES string of the molecule is Nc1nnc(-c2ccccc2O)cc1N1CC2CCC(C1)N2c1ccnc(C#CCN2CCOC3CCNCC32)c1. The molecule has 10 nitrogen and oxygen atoms in total. The van der Waals surface area contributed by atoms with E-state index in [0.717, 1.165) is 76.5 Å². The van der Waals surface area contributed by atoms with Gasteiger partial charge in [-0.3, -0.25) is 4.90 Å². The number of nitrogens with zero attached hydrogens (tertiary/aromatic N) is 6. The first-order valence-electron chi connectivity index (χ1n) is 14.6. The number of pyridine rings is 1. The Morgan fingerprint density at radius 1 is 1.07 bits per heavy atom. The molecule has 4 N–H and O–H groups in total. The topological polar surface area (TPSA) is 116 Å². The first-order chi connectivity index (χ1) is 20.1. The molecule has 0 saturated carbocycles. The van der Waals surface area contributed by atoms with Crippen molar-refractivity contribution in [1.82, 2.24) is 25.4 Å². The second-order valence-electron chi connectivity index (χ2n) is 11.4. The molecule has 0 aliphatic carbocycles. The van der Waals surface area contributed by atoms with Crippen molar-refractivity contribution in [1.29, 1.82) is 0 Å². The van der Waals surface area contributed by atoms with Gasteiger partial charge in [0.25, 0.3) is 0 Å². The normalized spacial score (nSPS) is 25.9. The lowest BCUT2D eigenvalue weighted by Gasteiger charge is -2.43. The molecule has 0 spiro atoms. The Kier molecular flexibility index (Phi) is 7.08. The Morgan fingerprint density at radius 2 is 1.93 bits per heavy atom. The Labute approximate surface area is 240 Å². The predicted molar refractivity (Wildman–Crippen MR) is 159 cm³/mol. The molecule has 2 aromatic heterocycles. The fourth-order valence-electron chi connectivity index (χ4n) is 6.93. The van der Waals surface area contributed by atoms with Gasteiger partial charge in [0.1, 0.15) is 11.4 Å². The lowest BCUT2D eigenvalue weighted by molar-refractivity contribution is -0.0777. The van der Waals surface area contributed by atoms with E-state index in [4.69, 9.17) is 10.5 Å². The number of anilines is 3. The van der Waals surface area contributed by atoms with Gasteiger partial charge in [-0.05, 0) is 62.1 Å². The molecule has 10 heteroatoms. The van der Waals surface area contributed by atoms with Crippen LogP contribution in [-0.4, -0.2) is 95.3 Å². The van der Waals surface area contributed by atoms with Gasteiger partial charge in [-0.2, -0.15) is 0 Å². The number of para-hydroxylation sites is 1. The van der Waals surface area contributed by atoms with Crippen LogP contribution in [-0.2, 0) is 4.74 Å². The van der Waals surface area contributed by atoms with Crippen LogP contribution < -0.4 is 20.9 Å². The summed E-state index contributed by atoms with van der Waals surface area (Å²) in [7, 11) is 0. The van der Waals surface area contributed by atoms with E-state index in [9.17, 15) is 5.11 Å². The zero-order valence-corrected chi connectivity index (χ0v) is 23.1. The van der Waals surface area contributed by atoms with Crippen molar-refractivity contribution >= 4 is 17.2 Å². The number of nitrogens with one attached hydrogen (secondary N) is 1. The molecule has 41 heavy (non-hydrogen) atoms. The lowest BCUT2D eigenvalue weighted by atomic mass is 10.0. The van der Waals surface area contributed by atoms with E-state index in [1.165, 1.54) is 5.69 Å². The highest BCUT2D eigenvalue weighted by molar-refractivity contribution is 5.74. The summed E-state index contributed by atoms with van der Waals surface area (Å²) in [5.74, 6) is 7.31. The summed E-state index contributed by atoms with van der Waals surface area (Å²) in [4.78, 5) is 11.9. The van der Waals surface area contributed by atoms with E-state index in [0.29, 0.717) is 41.3 Å². The number of piperidine rings is 1. The Bertz CT molecular complexity index is 1460. The first kappa shape index (κ1) is 26.0. The minimum absolute atomic E-state index is 0.180. The molecule has 4 fully saturated rings. The summed E-state index contributed by atoms with van der Waals surface area (Å²) in [5, 5.41) is 22.3. The quantitative estimate of drug-likeness (QED) is 0.416. The number of ether oxygens (including phenoxy) is 1. The van der Waals surface area contributed by atoms with Crippen LogP contribution >= 0.6 is 0 Å². The monoisotopic (exact) mass is 552 g/mol. The molecule has 7 rings (SSSR count). The maximum absolute atomic E-state index is 10.3. The third-order valence-corrected chi connectivity index (χ3v) is 8.91. The van der Waals surface area contributed by atoms with E-state index in [1.54, 1.807) is 12.1 Å². The van der Waals surface area contributed by atoms with Crippen LogP contribution in [0, 0.1) is 11.8 Å². The number of rotatable bonds is 4. The van der Waals surface area contributed by atoms with E-state index in [1.807, 2.05) is 24.4 Å².